The summed E-state index contributed by atoms with van der Waals surface area (Å²) in [4.78, 5) is 4.68. The number of fused-ring (bicyclic) bond motifs is 1. The van der Waals surface area contributed by atoms with E-state index in [1.54, 1.807) is 0 Å². The Bertz CT molecular complexity index is 750. The van der Waals surface area contributed by atoms with Crippen molar-refractivity contribution in [1.29, 1.82) is 0 Å². The Labute approximate surface area is 135 Å². The number of aryl methyl sites for hydroxylation is 1. The molecule has 0 aliphatic carbocycles. The first-order chi connectivity index (χ1) is 9.69. The lowest BCUT2D eigenvalue weighted by Crippen LogP contribution is -2.01. The van der Waals surface area contributed by atoms with Crippen LogP contribution in [0, 0.1) is 0 Å². The van der Waals surface area contributed by atoms with E-state index in [-0.39, 0.29) is 0 Å². The van der Waals surface area contributed by atoms with Gasteiger partial charge in [-0.25, -0.2) is 4.98 Å². The Morgan fingerprint density at radius 1 is 1.10 bits per heavy atom. The largest absolute Gasteiger partial charge is 0.296 e. The Kier molecular flexibility index (Phi) is 4.01. The van der Waals surface area contributed by atoms with Gasteiger partial charge in [0.25, 0.3) is 0 Å². The van der Waals surface area contributed by atoms with Gasteiger partial charge in [-0.05, 0) is 42.5 Å². The third kappa shape index (κ3) is 2.58. The van der Waals surface area contributed by atoms with Crippen molar-refractivity contribution in [3.63, 3.8) is 0 Å². The highest BCUT2D eigenvalue weighted by Gasteiger charge is 2.12. The van der Waals surface area contributed by atoms with Crippen LogP contribution in [0.1, 0.15) is 5.82 Å². The quantitative estimate of drug-likeness (QED) is 0.578. The molecule has 20 heavy (non-hydrogen) atoms. The maximum Gasteiger partial charge on any atom is 0.115 e. The van der Waals surface area contributed by atoms with E-state index in [1.165, 1.54) is 0 Å². The molecule has 2 aromatic carbocycles. The second-order valence-corrected chi connectivity index (χ2v) is 6.14. The Morgan fingerprint density at radius 3 is 2.55 bits per heavy atom. The number of halogens is 3. The van der Waals surface area contributed by atoms with Crippen molar-refractivity contribution in [3.05, 3.63) is 57.8 Å². The number of imidazole rings is 1. The molecule has 2 nitrogen and oxygen atoms in total. The van der Waals surface area contributed by atoms with E-state index in [1.807, 2.05) is 36.4 Å². The van der Waals surface area contributed by atoms with Gasteiger partial charge in [0.15, 0.2) is 0 Å². The highest BCUT2D eigenvalue weighted by molar-refractivity contribution is 9.10. The van der Waals surface area contributed by atoms with E-state index >= 15 is 0 Å². The Balaban J connectivity index is 2.25. The predicted molar refractivity (Wildman–Crippen MR) is 88.2 cm³/mol. The SMILES string of the molecule is ClCCc1nc2cc(Br)ccc2n1-c1ccc(Cl)cc1. The van der Waals surface area contributed by atoms with Gasteiger partial charge in [-0.15, -0.1) is 11.6 Å². The fourth-order valence-corrected chi connectivity index (χ4v) is 2.88. The van der Waals surface area contributed by atoms with Crippen LogP contribution in [0.15, 0.2) is 46.9 Å². The van der Waals surface area contributed by atoms with Gasteiger partial charge in [-0.2, -0.15) is 0 Å². The van der Waals surface area contributed by atoms with Crippen LogP contribution in [-0.2, 0) is 6.42 Å². The van der Waals surface area contributed by atoms with Crippen LogP contribution in [0.2, 0.25) is 5.02 Å². The van der Waals surface area contributed by atoms with Gasteiger partial charge in [0.05, 0.1) is 11.0 Å². The van der Waals surface area contributed by atoms with Crippen LogP contribution in [0.3, 0.4) is 0 Å². The van der Waals surface area contributed by atoms with E-state index < -0.39 is 0 Å². The van der Waals surface area contributed by atoms with E-state index in [4.69, 9.17) is 23.2 Å². The van der Waals surface area contributed by atoms with Crippen molar-refractivity contribution in [1.82, 2.24) is 9.55 Å². The molecule has 0 spiro atoms. The highest BCUT2D eigenvalue weighted by Crippen LogP contribution is 2.25. The zero-order valence-corrected chi connectivity index (χ0v) is 13.6. The Hall–Kier alpha value is -1.03. The molecule has 1 aromatic heterocycles. The number of nitrogens with zero attached hydrogens (tertiary/aromatic N) is 2. The van der Waals surface area contributed by atoms with Gasteiger partial charge >= 0.3 is 0 Å². The van der Waals surface area contributed by atoms with Crippen molar-refractivity contribution in [2.45, 2.75) is 6.42 Å². The lowest BCUT2D eigenvalue weighted by Gasteiger charge is -2.08. The smallest absolute Gasteiger partial charge is 0.115 e. The van der Waals surface area contributed by atoms with E-state index in [9.17, 15) is 0 Å². The number of aromatic nitrogens is 2. The fourth-order valence-electron chi connectivity index (χ4n) is 2.23. The molecule has 0 unspecified atom stereocenters. The van der Waals surface area contributed by atoms with E-state index in [2.05, 4.69) is 31.5 Å². The summed E-state index contributed by atoms with van der Waals surface area (Å²) in [6.07, 6.45) is 0.719. The van der Waals surface area contributed by atoms with Crippen molar-refractivity contribution in [3.8, 4) is 5.69 Å². The maximum atomic E-state index is 5.96. The van der Waals surface area contributed by atoms with Gasteiger partial charge in [0, 0.05) is 27.5 Å². The van der Waals surface area contributed by atoms with Crippen LogP contribution in [0.25, 0.3) is 16.7 Å². The van der Waals surface area contributed by atoms with Gasteiger partial charge in [-0.3, -0.25) is 4.57 Å². The third-order valence-corrected chi connectivity index (χ3v) is 4.02. The molecule has 0 saturated heterocycles. The molecule has 5 heteroatoms. The summed E-state index contributed by atoms with van der Waals surface area (Å²) in [6.45, 7) is 0. The van der Waals surface area contributed by atoms with Crippen molar-refractivity contribution < 1.29 is 0 Å². The number of hydrogen-bond donors (Lipinski definition) is 0. The lowest BCUT2D eigenvalue weighted by atomic mass is 10.2. The predicted octanol–water partition coefficient (Wildman–Crippen LogP) is 5.22. The monoisotopic (exact) mass is 368 g/mol. The number of rotatable bonds is 3. The molecule has 0 saturated carbocycles. The average Bonchev–Trinajstić information content (AvgIpc) is 2.77. The number of benzene rings is 2. The second-order valence-electron chi connectivity index (χ2n) is 4.41. The summed E-state index contributed by atoms with van der Waals surface area (Å²) in [7, 11) is 0. The molecule has 0 aliphatic rings. The minimum absolute atomic E-state index is 0.540. The summed E-state index contributed by atoms with van der Waals surface area (Å²) in [5.41, 5.74) is 3.06. The number of hydrogen-bond acceptors (Lipinski definition) is 1. The summed E-state index contributed by atoms with van der Waals surface area (Å²) < 4.78 is 3.14. The molecule has 1 heterocycles. The minimum Gasteiger partial charge on any atom is -0.296 e. The van der Waals surface area contributed by atoms with E-state index in [0.29, 0.717) is 5.88 Å². The second kappa shape index (κ2) is 5.76. The van der Waals surface area contributed by atoms with Crippen LogP contribution in [0.4, 0.5) is 0 Å². The van der Waals surface area contributed by atoms with Crippen LogP contribution >= 0.6 is 39.1 Å². The highest BCUT2D eigenvalue weighted by atomic mass is 79.9. The molecular formula is C15H11BrCl2N2. The first kappa shape index (κ1) is 13.9. The molecule has 0 atom stereocenters. The molecule has 0 bridgehead atoms. The van der Waals surface area contributed by atoms with Crippen molar-refractivity contribution >= 4 is 50.2 Å². The molecule has 0 amide bonds. The molecule has 3 aromatic rings. The molecule has 102 valence electrons. The van der Waals surface area contributed by atoms with Gasteiger partial charge in [0.2, 0.25) is 0 Å². The molecule has 0 radical (unpaired) electrons. The first-order valence-corrected chi connectivity index (χ1v) is 7.88. The Morgan fingerprint density at radius 2 is 1.85 bits per heavy atom. The molecule has 0 fully saturated rings. The van der Waals surface area contributed by atoms with Crippen LogP contribution < -0.4 is 0 Å². The topological polar surface area (TPSA) is 17.8 Å². The summed E-state index contributed by atoms with van der Waals surface area (Å²) in [5.74, 6) is 1.49. The number of alkyl halides is 1. The average molecular weight is 370 g/mol. The minimum atomic E-state index is 0.540. The first-order valence-electron chi connectivity index (χ1n) is 6.18. The summed E-state index contributed by atoms with van der Waals surface area (Å²) in [5, 5.41) is 0.722. The standard InChI is InChI=1S/C15H11BrCl2N2/c16-10-1-6-14-13(9-10)19-15(7-8-17)20(14)12-4-2-11(18)3-5-12/h1-6,9H,7-8H2. The molecular weight excluding hydrogens is 359 g/mol. The van der Waals surface area contributed by atoms with Gasteiger partial charge in [-0.1, -0.05) is 27.5 Å². The zero-order chi connectivity index (χ0) is 14.1. The summed E-state index contributed by atoms with van der Waals surface area (Å²) >= 11 is 15.3. The van der Waals surface area contributed by atoms with E-state index in [0.717, 1.165) is 38.5 Å². The van der Waals surface area contributed by atoms with Crippen LogP contribution in [-0.4, -0.2) is 15.4 Å². The third-order valence-electron chi connectivity index (χ3n) is 3.09. The normalized spacial score (nSPS) is 11.2. The van der Waals surface area contributed by atoms with Crippen molar-refractivity contribution in [2.75, 3.05) is 5.88 Å². The molecule has 0 N–H and O–H groups in total. The van der Waals surface area contributed by atoms with Gasteiger partial charge in [0.1, 0.15) is 5.82 Å². The fraction of sp³-hybridized carbons (Fsp3) is 0.133. The summed E-state index contributed by atoms with van der Waals surface area (Å²) in [6, 6.07) is 13.8. The van der Waals surface area contributed by atoms with Gasteiger partial charge < -0.3 is 0 Å². The lowest BCUT2D eigenvalue weighted by molar-refractivity contribution is 0.912. The van der Waals surface area contributed by atoms with Crippen LogP contribution in [0.5, 0.6) is 0 Å². The van der Waals surface area contributed by atoms with Crippen molar-refractivity contribution in [2.24, 2.45) is 0 Å². The molecule has 3 rings (SSSR count). The molecule has 0 aliphatic heterocycles. The maximum absolute atomic E-state index is 5.96. The zero-order valence-electron chi connectivity index (χ0n) is 10.5.